The summed E-state index contributed by atoms with van der Waals surface area (Å²) in [4.78, 5) is 29.6. The van der Waals surface area contributed by atoms with Crippen molar-refractivity contribution in [3.63, 3.8) is 0 Å². The highest BCUT2D eigenvalue weighted by Crippen LogP contribution is 2.39. The summed E-state index contributed by atoms with van der Waals surface area (Å²) in [6, 6.07) is 13.5. The predicted molar refractivity (Wildman–Crippen MR) is 118 cm³/mol. The second-order valence-electron chi connectivity index (χ2n) is 8.22. The largest absolute Gasteiger partial charge is 0.486 e. The van der Waals surface area contributed by atoms with E-state index in [2.05, 4.69) is 5.32 Å². The molecule has 0 unspecified atom stereocenters. The number of hydrogen-bond acceptors (Lipinski definition) is 6. The zero-order valence-corrected chi connectivity index (χ0v) is 18.1. The van der Waals surface area contributed by atoms with Gasteiger partial charge in [-0.3, -0.25) is 9.59 Å². The van der Waals surface area contributed by atoms with Crippen molar-refractivity contribution in [1.82, 2.24) is 10.2 Å². The first-order chi connectivity index (χ1) is 15.6. The molecule has 8 nitrogen and oxygen atoms in total. The third-order valence-corrected chi connectivity index (χ3v) is 6.25. The fourth-order valence-electron chi connectivity index (χ4n) is 4.69. The van der Waals surface area contributed by atoms with Crippen molar-refractivity contribution < 1.29 is 23.8 Å². The van der Waals surface area contributed by atoms with Crippen LogP contribution in [0.5, 0.6) is 17.2 Å². The number of carbonyl (C=O) groups excluding carboxylic acids is 2. The third-order valence-electron chi connectivity index (χ3n) is 6.25. The van der Waals surface area contributed by atoms with E-state index in [9.17, 15) is 9.59 Å². The highest BCUT2D eigenvalue weighted by atomic mass is 16.6. The number of hydrogen-bond donors (Lipinski definition) is 1. The Balaban J connectivity index is 1.35. The van der Waals surface area contributed by atoms with Crippen LogP contribution in [-0.2, 0) is 9.59 Å². The molecule has 1 saturated heterocycles. The Kier molecular flexibility index (Phi) is 5.51. The molecule has 0 saturated carbocycles. The van der Waals surface area contributed by atoms with Crippen molar-refractivity contribution in [2.24, 2.45) is 0 Å². The number of likely N-dealkylation sites (N-methyl/N-ethyl adjacent to an activating group) is 1. The SMILES string of the molecule is CNC(=O)[C@H]1CN(CC(=O)N2CCC[C@H]2c2ccc3c(c2)OCCO3)c2ccccc2O1. The summed E-state index contributed by atoms with van der Waals surface area (Å²) in [6.45, 7) is 2.31. The van der Waals surface area contributed by atoms with E-state index in [1.807, 2.05) is 52.3 Å². The van der Waals surface area contributed by atoms with Crippen LogP contribution in [0.4, 0.5) is 5.69 Å². The lowest BCUT2D eigenvalue weighted by atomic mass is 10.0. The van der Waals surface area contributed by atoms with Gasteiger partial charge in [0.25, 0.3) is 5.91 Å². The van der Waals surface area contributed by atoms with Crippen LogP contribution in [0.1, 0.15) is 24.4 Å². The van der Waals surface area contributed by atoms with Crippen molar-refractivity contribution in [2.75, 3.05) is 44.8 Å². The van der Waals surface area contributed by atoms with Crippen LogP contribution in [0, 0.1) is 0 Å². The van der Waals surface area contributed by atoms with Crippen molar-refractivity contribution in [3.05, 3.63) is 48.0 Å². The van der Waals surface area contributed by atoms with Gasteiger partial charge in [-0.05, 0) is 42.7 Å². The van der Waals surface area contributed by atoms with Crippen molar-refractivity contribution in [2.45, 2.75) is 25.0 Å². The molecule has 0 spiro atoms. The summed E-state index contributed by atoms with van der Waals surface area (Å²) < 4.78 is 17.2. The maximum absolute atomic E-state index is 13.4. The van der Waals surface area contributed by atoms with Gasteiger partial charge in [-0.1, -0.05) is 18.2 Å². The number of anilines is 1. The molecule has 0 bridgehead atoms. The zero-order chi connectivity index (χ0) is 22.1. The molecule has 5 rings (SSSR count). The highest BCUT2D eigenvalue weighted by Gasteiger charge is 2.35. The maximum atomic E-state index is 13.4. The fraction of sp³-hybridized carbons (Fsp3) is 0.417. The number of ether oxygens (including phenoxy) is 3. The molecule has 2 aromatic carbocycles. The molecular weight excluding hydrogens is 410 g/mol. The second kappa shape index (κ2) is 8.61. The maximum Gasteiger partial charge on any atom is 0.262 e. The van der Waals surface area contributed by atoms with E-state index in [0.29, 0.717) is 32.1 Å². The van der Waals surface area contributed by atoms with Gasteiger partial charge in [-0.2, -0.15) is 0 Å². The smallest absolute Gasteiger partial charge is 0.262 e. The van der Waals surface area contributed by atoms with Gasteiger partial charge in [0.15, 0.2) is 17.6 Å². The number of benzene rings is 2. The lowest BCUT2D eigenvalue weighted by molar-refractivity contribution is -0.131. The quantitative estimate of drug-likeness (QED) is 0.790. The monoisotopic (exact) mass is 437 g/mol. The van der Waals surface area contributed by atoms with E-state index >= 15 is 0 Å². The number of nitrogens with one attached hydrogen (secondary N) is 1. The first-order valence-electron chi connectivity index (χ1n) is 11.1. The molecule has 3 aliphatic rings. The number of fused-ring (bicyclic) bond motifs is 2. The van der Waals surface area contributed by atoms with Gasteiger partial charge in [0.05, 0.1) is 24.8 Å². The summed E-state index contributed by atoms with van der Waals surface area (Å²) in [5.41, 5.74) is 1.89. The van der Waals surface area contributed by atoms with E-state index < -0.39 is 6.10 Å². The van der Waals surface area contributed by atoms with Crippen molar-refractivity contribution in [1.29, 1.82) is 0 Å². The van der Waals surface area contributed by atoms with Crippen LogP contribution < -0.4 is 24.4 Å². The fourth-order valence-corrected chi connectivity index (χ4v) is 4.69. The minimum atomic E-state index is -0.658. The van der Waals surface area contributed by atoms with E-state index in [1.54, 1.807) is 7.05 Å². The number of rotatable bonds is 4. The average molecular weight is 437 g/mol. The molecule has 2 amide bonds. The summed E-state index contributed by atoms with van der Waals surface area (Å²) >= 11 is 0. The molecule has 3 heterocycles. The molecule has 2 atom stereocenters. The molecule has 0 aliphatic carbocycles. The Bertz CT molecular complexity index is 1030. The normalized spacial score (nSPS) is 21.5. The van der Waals surface area contributed by atoms with E-state index in [1.165, 1.54) is 0 Å². The number of para-hydroxylation sites is 2. The van der Waals surface area contributed by atoms with Crippen molar-refractivity contribution >= 4 is 17.5 Å². The van der Waals surface area contributed by atoms with Gasteiger partial charge < -0.3 is 29.3 Å². The minimum Gasteiger partial charge on any atom is -0.486 e. The van der Waals surface area contributed by atoms with Gasteiger partial charge in [-0.15, -0.1) is 0 Å². The summed E-state index contributed by atoms with van der Waals surface area (Å²) in [6.07, 6.45) is 1.20. The van der Waals surface area contributed by atoms with E-state index in [-0.39, 0.29) is 24.4 Å². The van der Waals surface area contributed by atoms with Crippen LogP contribution in [-0.4, -0.2) is 62.7 Å². The molecular formula is C24H27N3O5. The van der Waals surface area contributed by atoms with E-state index in [4.69, 9.17) is 14.2 Å². The first-order valence-corrected chi connectivity index (χ1v) is 11.1. The first kappa shape index (κ1) is 20.5. The van der Waals surface area contributed by atoms with Crippen LogP contribution in [0.25, 0.3) is 0 Å². The molecule has 1 N–H and O–H groups in total. The summed E-state index contributed by atoms with van der Waals surface area (Å²) in [7, 11) is 1.59. The van der Waals surface area contributed by atoms with Crippen molar-refractivity contribution in [3.8, 4) is 17.2 Å². The second-order valence-corrected chi connectivity index (χ2v) is 8.22. The summed E-state index contributed by atoms with van der Waals surface area (Å²) in [5, 5.41) is 2.64. The Labute approximate surface area is 187 Å². The third kappa shape index (κ3) is 3.81. The Morgan fingerprint density at radius 2 is 1.88 bits per heavy atom. The molecule has 0 radical (unpaired) electrons. The Morgan fingerprint density at radius 1 is 1.06 bits per heavy atom. The number of likely N-dealkylation sites (tertiary alicyclic amines) is 1. The molecule has 32 heavy (non-hydrogen) atoms. The average Bonchev–Trinajstić information content (AvgIpc) is 3.33. The lowest BCUT2D eigenvalue weighted by Gasteiger charge is -2.36. The van der Waals surface area contributed by atoms with Crippen LogP contribution in [0.3, 0.4) is 0 Å². The lowest BCUT2D eigenvalue weighted by Crippen LogP contribution is -2.51. The Hall–Kier alpha value is -3.42. The minimum absolute atomic E-state index is 0.00403. The van der Waals surface area contributed by atoms with Crippen LogP contribution in [0.2, 0.25) is 0 Å². The van der Waals surface area contributed by atoms with Gasteiger partial charge in [-0.25, -0.2) is 0 Å². The van der Waals surface area contributed by atoms with Gasteiger partial charge in [0.2, 0.25) is 5.91 Å². The van der Waals surface area contributed by atoms with Crippen LogP contribution >= 0.6 is 0 Å². The topological polar surface area (TPSA) is 80.3 Å². The number of carbonyl (C=O) groups is 2. The molecule has 2 aromatic rings. The van der Waals surface area contributed by atoms with Crippen LogP contribution in [0.15, 0.2) is 42.5 Å². The molecule has 8 heteroatoms. The predicted octanol–water partition coefficient (Wildman–Crippen LogP) is 2.13. The zero-order valence-electron chi connectivity index (χ0n) is 18.1. The Morgan fingerprint density at radius 3 is 2.72 bits per heavy atom. The number of nitrogens with zero attached hydrogens (tertiary/aromatic N) is 2. The molecule has 1 fully saturated rings. The molecule has 0 aromatic heterocycles. The standard InChI is InChI=1S/C24H27N3O5/c1-25-24(29)22-14-26(18-5-2-3-7-19(18)32-22)15-23(28)27-10-4-6-17(27)16-8-9-20-21(13-16)31-12-11-30-20/h2-3,5,7-9,13,17,22H,4,6,10-12,14-15H2,1H3,(H,25,29)/t17-,22+/m0/s1. The van der Waals surface area contributed by atoms with Gasteiger partial charge in [0, 0.05) is 13.6 Å². The molecule has 168 valence electrons. The number of amides is 2. The van der Waals surface area contributed by atoms with E-state index in [0.717, 1.165) is 35.6 Å². The van der Waals surface area contributed by atoms with Gasteiger partial charge in [0.1, 0.15) is 19.0 Å². The summed E-state index contributed by atoms with van der Waals surface area (Å²) in [5.74, 6) is 1.94. The van der Waals surface area contributed by atoms with Gasteiger partial charge >= 0.3 is 0 Å². The molecule has 3 aliphatic heterocycles. The highest BCUT2D eigenvalue weighted by molar-refractivity contribution is 5.86.